The Bertz CT molecular complexity index is 226. The molecule has 0 spiro atoms. The van der Waals surface area contributed by atoms with E-state index in [1.165, 1.54) is 12.4 Å². The second-order valence-electron chi connectivity index (χ2n) is 1.40. The van der Waals surface area contributed by atoms with Gasteiger partial charge in [0.05, 0.1) is 5.69 Å². The standard InChI is InChI=1S/C6H4N2O/c9-4-2-6-1-3-7-5-8-6/h1-3,5H. The smallest absolute Gasteiger partial charge is 0.126 e. The minimum absolute atomic E-state index is 0.583. The molecule has 0 N–H and O–H groups in total. The van der Waals surface area contributed by atoms with E-state index in [2.05, 4.69) is 9.97 Å². The Labute approximate surface area is 52.1 Å². The first-order valence-electron chi connectivity index (χ1n) is 2.40. The maximum atomic E-state index is 9.73. The molecule has 3 heteroatoms. The van der Waals surface area contributed by atoms with Crippen LogP contribution in [0.15, 0.2) is 18.6 Å². The minimum atomic E-state index is 0.583. The van der Waals surface area contributed by atoms with Gasteiger partial charge in [0.2, 0.25) is 0 Å². The lowest BCUT2D eigenvalue weighted by atomic mass is 10.4. The van der Waals surface area contributed by atoms with Gasteiger partial charge in [0.15, 0.2) is 0 Å². The molecule has 0 aliphatic carbocycles. The molecule has 9 heavy (non-hydrogen) atoms. The van der Waals surface area contributed by atoms with Gasteiger partial charge in [-0.05, 0) is 6.07 Å². The molecule has 1 heterocycles. The number of nitrogens with zero attached hydrogens (tertiary/aromatic N) is 2. The molecule has 0 fully saturated rings. The van der Waals surface area contributed by atoms with E-state index in [-0.39, 0.29) is 0 Å². The minimum Gasteiger partial charge on any atom is -0.245 e. The molecule has 0 radical (unpaired) electrons. The van der Waals surface area contributed by atoms with Crippen molar-refractivity contribution in [2.45, 2.75) is 0 Å². The van der Waals surface area contributed by atoms with Crippen molar-refractivity contribution < 1.29 is 4.79 Å². The van der Waals surface area contributed by atoms with Crippen LogP contribution in [-0.4, -0.2) is 15.9 Å². The van der Waals surface area contributed by atoms with Crippen LogP contribution in [0.4, 0.5) is 0 Å². The zero-order valence-corrected chi connectivity index (χ0v) is 4.61. The summed E-state index contributed by atoms with van der Waals surface area (Å²) in [4.78, 5) is 17.1. The van der Waals surface area contributed by atoms with Gasteiger partial charge in [-0.1, -0.05) is 0 Å². The molecule has 0 aliphatic heterocycles. The van der Waals surface area contributed by atoms with E-state index >= 15 is 0 Å². The van der Waals surface area contributed by atoms with Crippen LogP contribution in [0.1, 0.15) is 5.69 Å². The topological polar surface area (TPSA) is 42.9 Å². The highest BCUT2D eigenvalue weighted by Crippen LogP contribution is 1.88. The van der Waals surface area contributed by atoms with Crippen LogP contribution < -0.4 is 0 Å². The van der Waals surface area contributed by atoms with Crippen LogP contribution in [0.25, 0.3) is 6.08 Å². The number of aromatic nitrogens is 2. The number of hydrogen-bond donors (Lipinski definition) is 0. The first-order valence-corrected chi connectivity index (χ1v) is 2.40. The van der Waals surface area contributed by atoms with Gasteiger partial charge in [0.25, 0.3) is 0 Å². The molecule has 0 amide bonds. The van der Waals surface area contributed by atoms with Crippen LogP contribution in [-0.2, 0) is 4.79 Å². The second kappa shape index (κ2) is 2.74. The molecular weight excluding hydrogens is 116 g/mol. The quantitative estimate of drug-likeness (QED) is 0.501. The SMILES string of the molecule is O=C=Cc1ccncn1. The van der Waals surface area contributed by atoms with Crippen molar-refractivity contribution in [1.82, 2.24) is 9.97 Å². The summed E-state index contributed by atoms with van der Waals surface area (Å²) >= 11 is 0. The van der Waals surface area contributed by atoms with Gasteiger partial charge in [0, 0.05) is 12.3 Å². The molecular formula is C6H4N2O. The average Bonchev–Trinajstić information content (AvgIpc) is 1.91. The van der Waals surface area contributed by atoms with Gasteiger partial charge in [0.1, 0.15) is 12.3 Å². The first kappa shape index (κ1) is 5.66. The first-order chi connectivity index (χ1) is 4.43. The third kappa shape index (κ3) is 1.48. The van der Waals surface area contributed by atoms with Crippen molar-refractivity contribution in [3.63, 3.8) is 0 Å². The maximum absolute atomic E-state index is 9.73. The van der Waals surface area contributed by atoms with E-state index in [9.17, 15) is 4.79 Å². The summed E-state index contributed by atoms with van der Waals surface area (Å²) in [6.45, 7) is 0. The van der Waals surface area contributed by atoms with Crippen LogP contribution in [0, 0.1) is 0 Å². The maximum Gasteiger partial charge on any atom is 0.126 e. The average molecular weight is 120 g/mol. The third-order valence-corrected chi connectivity index (χ3v) is 0.812. The number of hydrogen-bond acceptors (Lipinski definition) is 3. The van der Waals surface area contributed by atoms with Crippen molar-refractivity contribution >= 4 is 12.0 Å². The van der Waals surface area contributed by atoms with Gasteiger partial charge >= 0.3 is 0 Å². The predicted octanol–water partition coefficient (Wildman–Crippen LogP) is 0.321. The fourth-order valence-electron chi connectivity index (χ4n) is 0.447. The molecule has 44 valence electrons. The molecule has 0 unspecified atom stereocenters. The third-order valence-electron chi connectivity index (χ3n) is 0.812. The van der Waals surface area contributed by atoms with E-state index in [0.29, 0.717) is 5.69 Å². The van der Waals surface area contributed by atoms with Gasteiger partial charge in [-0.25, -0.2) is 14.8 Å². The van der Waals surface area contributed by atoms with E-state index in [4.69, 9.17) is 0 Å². The van der Waals surface area contributed by atoms with Crippen molar-refractivity contribution in [2.24, 2.45) is 0 Å². The largest absolute Gasteiger partial charge is 0.245 e. The van der Waals surface area contributed by atoms with Crippen LogP contribution >= 0.6 is 0 Å². The summed E-state index contributed by atoms with van der Waals surface area (Å²) in [5.74, 6) is 1.62. The molecule has 0 saturated carbocycles. The van der Waals surface area contributed by atoms with E-state index in [1.54, 1.807) is 18.2 Å². The molecule has 0 atom stereocenters. The Balaban J connectivity index is 2.97. The number of carbonyl (C=O) groups excluding carboxylic acids is 1. The Hall–Kier alpha value is -1.47. The van der Waals surface area contributed by atoms with Crippen molar-refractivity contribution in [1.29, 1.82) is 0 Å². The van der Waals surface area contributed by atoms with Crippen LogP contribution in [0.5, 0.6) is 0 Å². The molecule has 1 rings (SSSR count). The molecule has 0 bridgehead atoms. The Morgan fingerprint density at radius 2 is 2.56 bits per heavy atom. The van der Waals surface area contributed by atoms with Crippen molar-refractivity contribution in [3.8, 4) is 0 Å². The number of rotatable bonds is 1. The summed E-state index contributed by atoms with van der Waals surface area (Å²) in [6, 6.07) is 1.63. The highest BCUT2D eigenvalue weighted by molar-refractivity contribution is 5.72. The van der Waals surface area contributed by atoms with Gasteiger partial charge < -0.3 is 0 Å². The lowest BCUT2D eigenvalue weighted by Crippen LogP contribution is -1.79. The zero-order valence-electron chi connectivity index (χ0n) is 4.61. The summed E-state index contributed by atoms with van der Waals surface area (Å²) in [5.41, 5.74) is 0.583. The van der Waals surface area contributed by atoms with E-state index in [0.717, 1.165) is 0 Å². The lowest BCUT2D eigenvalue weighted by molar-refractivity contribution is 0.570. The fraction of sp³-hybridized carbons (Fsp3) is 0. The van der Waals surface area contributed by atoms with Crippen LogP contribution in [0.2, 0.25) is 0 Å². The predicted molar refractivity (Wildman–Crippen MR) is 32.2 cm³/mol. The van der Waals surface area contributed by atoms with E-state index < -0.39 is 0 Å². The summed E-state index contributed by atoms with van der Waals surface area (Å²) in [7, 11) is 0. The van der Waals surface area contributed by atoms with Gasteiger partial charge in [-0.3, -0.25) is 0 Å². The molecule has 0 aliphatic rings. The Morgan fingerprint density at radius 1 is 1.67 bits per heavy atom. The summed E-state index contributed by atoms with van der Waals surface area (Å²) in [5, 5.41) is 0. The normalized spacial score (nSPS) is 8.00. The molecule has 3 nitrogen and oxygen atoms in total. The Morgan fingerprint density at radius 3 is 3.11 bits per heavy atom. The summed E-state index contributed by atoms with van der Waals surface area (Å²) < 4.78 is 0. The monoisotopic (exact) mass is 120 g/mol. The van der Waals surface area contributed by atoms with Gasteiger partial charge in [-0.15, -0.1) is 0 Å². The second-order valence-corrected chi connectivity index (χ2v) is 1.40. The van der Waals surface area contributed by atoms with Crippen molar-refractivity contribution in [3.05, 3.63) is 24.3 Å². The zero-order chi connectivity index (χ0) is 6.53. The van der Waals surface area contributed by atoms with Crippen LogP contribution in [0.3, 0.4) is 0 Å². The van der Waals surface area contributed by atoms with E-state index in [1.807, 2.05) is 0 Å². The molecule has 1 aromatic heterocycles. The highest BCUT2D eigenvalue weighted by atomic mass is 16.1. The molecule has 1 aromatic rings. The molecule has 0 aromatic carbocycles. The lowest BCUT2D eigenvalue weighted by Gasteiger charge is -1.82. The van der Waals surface area contributed by atoms with Crippen molar-refractivity contribution in [2.75, 3.05) is 0 Å². The Kier molecular flexibility index (Phi) is 1.73. The summed E-state index contributed by atoms with van der Waals surface area (Å²) in [6.07, 6.45) is 4.20. The fourth-order valence-corrected chi connectivity index (χ4v) is 0.447. The highest BCUT2D eigenvalue weighted by Gasteiger charge is 1.81. The van der Waals surface area contributed by atoms with Gasteiger partial charge in [-0.2, -0.15) is 0 Å². The molecule has 0 saturated heterocycles.